The fourth-order valence-corrected chi connectivity index (χ4v) is 2.56. The van der Waals surface area contributed by atoms with Crippen LogP contribution in [-0.4, -0.2) is 11.8 Å². The number of anilines is 1. The van der Waals surface area contributed by atoms with Crippen molar-refractivity contribution >= 4 is 11.5 Å². The molecule has 2 atom stereocenters. The molecule has 112 valence electrons. The minimum absolute atomic E-state index is 0.169. The van der Waals surface area contributed by atoms with Gasteiger partial charge >= 0.3 is 0 Å². The van der Waals surface area contributed by atoms with Gasteiger partial charge in [0.15, 0.2) is 5.78 Å². The summed E-state index contributed by atoms with van der Waals surface area (Å²) in [5.41, 5.74) is 10.3. The van der Waals surface area contributed by atoms with Crippen LogP contribution in [0.2, 0.25) is 0 Å². The maximum atomic E-state index is 12.6. The molecule has 1 unspecified atom stereocenters. The highest BCUT2D eigenvalue weighted by Crippen LogP contribution is 2.30. The summed E-state index contributed by atoms with van der Waals surface area (Å²) >= 11 is 0. The lowest BCUT2D eigenvalue weighted by Gasteiger charge is -2.29. The second-order valence-electron chi connectivity index (χ2n) is 5.68. The summed E-state index contributed by atoms with van der Waals surface area (Å²) in [7, 11) is 0. The van der Waals surface area contributed by atoms with Crippen LogP contribution in [-0.2, 0) is 11.2 Å². The van der Waals surface area contributed by atoms with Crippen molar-refractivity contribution in [2.75, 3.05) is 5.43 Å². The average molecular weight is 277 g/mol. The van der Waals surface area contributed by atoms with Gasteiger partial charge in [0, 0.05) is 11.1 Å². The molecule has 0 saturated carbocycles. The average Bonchev–Trinajstić information content (AvgIpc) is 2.47. The molecule has 0 saturated heterocycles. The van der Waals surface area contributed by atoms with Crippen LogP contribution < -0.4 is 17.0 Å². The Morgan fingerprint density at radius 3 is 2.35 bits per heavy atom. The quantitative estimate of drug-likeness (QED) is 0.504. The molecular weight excluding hydrogens is 250 g/mol. The Labute approximate surface area is 121 Å². The van der Waals surface area contributed by atoms with Crippen LogP contribution in [0.25, 0.3) is 0 Å². The van der Waals surface area contributed by atoms with E-state index in [2.05, 4.69) is 19.3 Å². The number of nitrogens with one attached hydrogen (secondary N) is 1. The highest BCUT2D eigenvalue weighted by molar-refractivity contribution is 5.89. The number of Topliss-reactive ketones (excluding diaryl/α,β-unsaturated/α-hetero) is 1. The number of carbonyl (C=O) groups is 1. The van der Waals surface area contributed by atoms with Crippen molar-refractivity contribution in [3.05, 3.63) is 29.8 Å². The fraction of sp³-hybridized carbons (Fsp3) is 0.562. The van der Waals surface area contributed by atoms with Crippen LogP contribution >= 0.6 is 0 Å². The van der Waals surface area contributed by atoms with Crippen LogP contribution in [0.15, 0.2) is 24.3 Å². The van der Waals surface area contributed by atoms with Gasteiger partial charge in [0.1, 0.15) is 0 Å². The molecule has 0 bridgehead atoms. The van der Waals surface area contributed by atoms with E-state index in [1.165, 1.54) is 0 Å². The third kappa shape index (κ3) is 4.05. The molecule has 1 aromatic carbocycles. The van der Waals surface area contributed by atoms with E-state index in [4.69, 9.17) is 11.6 Å². The van der Waals surface area contributed by atoms with Gasteiger partial charge < -0.3 is 11.2 Å². The van der Waals surface area contributed by atoms with Gasteiger partial charge in [-0.3, -0.25) is 10.6 Å². The lowest BCUT2D eigenvalue weighted by molar-refractivity contribution is -0.129. The summed E-state index contributed by atoms with van der Waals surface area (Å²) in [5.74, 6) is 5.50. The first kappa shape index (κ1) is 16.7. The first-order chi connectivity index (χ1) is 9.46. The zero-order valence-corrected chi connectivity index (χ0v) is 12.8. The molecule has 1 aromatic rings. The smallest absolute Gasteiger partial charge is 0.155 e. The third-order valence-corrected chi connectivity index (χ3v) is 4.09. The van der Waals surface area contributed by atoms with Crippen molar-refractivity contribution in [1.29, 1.82) is 0 Å². The Morgan fingerprint density at radius 1 is 1.30 bits per heavy atom. The van der Waals surface area contributed by atoms with Crippen LogP contribution in [0.4, 0.5) is 5.69 Å². The van der Waals surface area contributed by atoms with Crippen molar-refractivity contribution in [3.8, 4) is 0 Å². The molecule has 4 heteroatoms. The molecule has 0 fully saturated rings. The Kier molecular flexibility index (Phi) is 6.17. The van der Waals surface area contributed by atoms with Crippen molar-refractivity contribution in [3.63, 3.8) is 0 Å². The number of benzene rings is 1. The number of rotatable bonds is 8. The predicted octanol–water partition coefficient (Wildman–Crippen LogP) is 2.63. The fourth-order valence-electron chi connectivity index (χ4n) is 2.56. The van der Waals surface area contributed by atoms with E-state index >= 15 is 0 Å². The number of nitrogens with two attached hydrogens (primary N) is 2. The lowest BCUT2D eigenvalue weighted by Crippen LogP contribution is -2.43. The standard InChI is InChI=1S/C16H27N3O/c1-4-10-16(3,5-2)15(20)14(17)11-12-6-8-13(19-18)9-7-12/h6-9,14,19H,4-5,10-11,17-18H2,1-3H3/t14-,16?/m0/s1. The van der Waals surface area contributed by atoms with E-state index in [-0.39, 0.29) is 11.2 Å². The number of nitrogen functional groups attached to an aromatic ring is 1. The van der Waals surface area contributed by atoms with Gasteiger partial charge in [-0.2, -0.15) is 0 Å². The van der Waals surface area contributed by atoms with Gasteiger partial charge in [0.2, 0.25) is 0 Å². The zero-order chi connectivity index (χ0) is 15.2. The molecule has 0 heterocycles. The van der Waals surface area contributed by atoms with Gasteiger partial charge in [-0.1, -0.05) is 39.3 Å². The van der Waals surface area contributed by atoms with Gasteiger partial charge in [-0.15, -0.1) is 0 Å². The molecule has 1 rings (SSSR count). The van der Waals surface area contributed by atoms with Crippen molar-refractivity contribution in [2.45, 2.75) is 52.5 Å². The molecule has 4 nitrogen and oxygen atoms in total. The Hall–Kier alpha value is -1.39. The van der Waals surface area contributed by atoms with E-state index in [9.17, 15) is 4.79 Å². The highest BCUT2D eigenvalue weighted by Gasteiger charge is 2.33. The van der Waals surface area contributed by atoms with E-state index in [1.54, 1.807) is 0 Å². The molecule has 0 aromatic heterocycles. The molecule has 0 spiro atoms. The molecule has 0 aliphatic heterocycles. The highest BCUT2D eigenvalue weighted by atomic mass is 16.1. The molecule has 0 aliphatic rings. The maximum absolute atomic E-state index is 12.6. The summed E-state index contributed by atoms with van der Waals surface area (Å²) in [5, 5.41) is 0. The summed E-state index contributed by atoms with van der Waals surface area (Å²) < 4.78 is 0. The number of hydrazine groups is 1. The molecular formula is C16H27N3O. The van der Waals surface area contributed by atoms with Gasteiger partial charge in [0.05, 0.1) is 6.04 Å². The van der Waals surface area contributed by atoms with Crippen molar-refractivity contribution < 1.29 is 4.79 Å². The minimum Gasteiger partial charge on any atom is -0.324 e. The van der Waals surface area contributed by atoms with E-state index < -0.39 is 6.04 Å². The van der Waals surface area contributed by atoms with Crippen LogP contribution in [0.5, 0.6) is 0 Å². The Balaban J connectivity index is 2.73. The van der Waals surface area contributed by atoms with Crippen LogP contribution in [0.3, 0.4) is 0 Å². The number of hydrogen-bond donors (Lipinski definition) is 3. The van der Waals surface area contributed by atoms with Crippen LogP contribution in [0, 0.1) is 5.41 Å². The predicted molar refractivity (Wildman–Crippen MR) is 84.2 cm³/mol. The first-order valence-corrected chi connectivity index (χ1v) is 7.32. The summed E-state index contributed by atoms with van der Waals surface area (Å²) in [6, 6.07) is 7.23. The normalized spacial score (nSPS) is 15.4. The minimum atomic E-state index is -0.441. The number of hydrogen-bond acceptors (Lipinski definition) is 4. The second kappa shape index (κ2) is 7.41. The van der Waals surface area contributed by atoms with Gasteiger partial charge in [-0.05, 0) is 37.0 Å². The van der Waals surface area contributed by atoms with E-state index in [1.807, 2.05) is 31.2 Å². The number of carbonyl (C=O) groups excluding carboxylic acids is 1. The summed E-state index contributed by atoms with van der Waals surface area (Å²) in [6.07, 6.45) is 3.30. The van der Waals surface area contributed by atoms with Gasteiger partial charge in [-0.25, -0.2) is 0 Å². The molecule has 0 aliphatic carbocycles. The van der Waals surface area contributed by atoms with Crippen molar-refractivity contribution in [2.24, 2.45) is 17.0 Å². The van der Waals surface area contributed by atoms with Crippen molar-refractivity contribution in [1.82, 2.24) is 0 Å². The molecule has 20 heavy (non-hydrogen) atoms. The molecule has 5 N–H and O–H groups in total. The zero-order valence-electron chi connectivity index (χ0n) is 12.8. The largest absolute Gasteiger partial charge is 0.324 e. The van der Waals surface area contributed by atoms with E-state index in [0.29, 0.717) is 6.42 Å². The second-order valence-corrected chi connectivity index (χ2v) is 5.68. The monoisotopic (exact) mass is 277 g/mol. The lowest BCUT2D eigenvalue weighted by atomic mass is 9.75. The van der Waals surface area contributed by atoms with Crippen LogP contribution in [0.1, 0.15) is 45.6 Å². The topological polar surface area (TPSA) is 81.1 Å². The summed E-state index contributed by atoms with van der Waals surface area (Å²) in [6.45, 7) is 6.19. The van der Waals surface area contributed by atoms with E-state index in [0.717, 1.165) is 30.5 Å². The molecule has 0 amide bonds. The third-order valence-electron chi connectivity index (χ3n) is 4.09. The first-order valence-electron chi connectivity index (χ1n) is 7.32. The SMILES string of the molecule is CCCC(C)(CC)C(=O)[C@@H](N)Cc1ccc(NN)cc1. The molecule has 0 radical (unpaired) electrons. The Morgan fingerprint density at radius 2 is 1.90 bits per heavy atom. The maximum Gasteiger partial charge on any atom is 0.155 e. The number of ketones is 1. The van der Waals surface area contributed by atoms with Gasteiger partial charge in [0.25, 0.3) is 0 Å². The Bertz CT molecular complexity index is 430. The summed E-state index contributed by atoms with van der Waals surface area (Å²) in [4.78, 5) is 12.6.